The number of hydrogen-bond donors (Lipinski definition) is 0. The van der Waals surface area contributed by atoms with Gasteiger partial charge in [0.2, 0.25) is 0 Å². The Balaban J connectivity index is 0.000000168. The Labute approximate surface area is 243 Å². The fourth-order valence-corrected chi connectivity index (χ4v) is 7.84. The third kappa shape index (κ3) is 6.03. The van der Waals surface area contributed by atoms with Crippen LogP contribution in [0.3, 0.4) is 0 Å². The van der Waals surface area contributed by atoms with E-state index in [0.29, 0.717) is 12.4 Å². The third-order valence-corrected chi connectivity index (χ3v) is 10.1. The Hall–Kier alpha value is -2.39. The van der Waals surface area contributed by atoms with E-state index in [-0.39, 0.29) is 34.1 Å². The number of hydrogen-bond acceptors (Lipinski definition) is 0. The number of benzene rings is 4. The first-order valence-corrected chi connectivity index (χ1v) is 14.7. The maximum Gasteiger partial charge on any atom is 2.00 e. The van der Waals surface area contributed by atoms with Crippen molar-refractivity contribution in [3.8, 4) is 11.1 Å². The molecule has 3 heteroatoms. The molecule has 0 saturated carbocycles. The summed E-state index contributed by atoms with van der Waals surface area (Å²) in [5.41, 5.74) is 10.5. The summed E-state index contributed by atoms with van der Waals surface area (Å²) in [6.07, 6.45) is 2.60. The second-order valence-corrected chi connectivity index (χ2v) is 12.1. The standard InChI is InChI=1S/C17H14B.C17H18P.Zr/c1-3-9-15(10-4-1)18(17-13-7-8-14-17)16-11-5-2-6-12-16;1-3-18(4-2)17-15-11-7-5-9-13(15)14-10-6-8-12-16(14)17;/h1-14H;5-11,17H,3-4H2,1-2H3;/q2*-1;+2. The van der Waals surface area contributed by atoms with Gasteiger partial charge < -0.3 is 0 Å². The average Bonchev–Trinajstić information content (AvgIpc) is 3.59. The van der Waals surface area contributed by atoms with Gasteiger partial charge >= 0.3 is 26.2 Å². The SMILES string of the molecule is CCP(CC)C1c2[c-]cccc2-c2ccccc21.[Zr+2].c1ccc(B(c2ccccc2)[c-]2cccc2)cc1. The summed E-state index contributed by atoms with van der Waals surface area (Å²) in [4.78, 5) is 0. The van der Waals surface area contributed by atoms with Gasteiger partial charge in [0.05, 0.1) is 0 Å². The van der Waals surface area contributed by atoms with E-state index in [1.165, 1.54) is 51.0 Å². The summed E-state index contributed by atoms with van der Waals surface area (Å²) >= 11 is 0. The van der Waals surface area contributed by atoms with E-state index in [2.05, 4.69) is 147 Å². The first-order valence-electron chi connectivity index (χ1n) is 13.0. The molecule has 6 rings (SSSR count). The van der Waals surface area contributed by atoms with Gasteiger partial charge in [-0.15, -0.1) is 11.1 Å². The van der Waals surface area contributed by atoms with Crippen molar-refractivity contribution in [2.24, 2.45) is 0 Å². The summed E-state index contributed by atoms with van der Waals surface area (Å²) in [5.74, 6) is 0. The minimum atomic E-state index is 0. The molecule has 0 N–H and O–H groups in total. The van der Waals surface area contributed by atoms with Crippen molar-refractivity contribution in [3.05, 3.63) is 145 Å². The first-order chi connectivity index (χ1) is 17.8. The van der Waals surface area contributed by atoms with Gasteiger partial charge in [-0.3, -0.25) is 0 Å². The molecule has 1 aliphatic rings. The minimum absolute atomic E-state index is 0. The van der Waals surface area contributed by atoms with E-state index < -0.39 is 0 Å². The van der Waals surface area contributed by atoms with E-state index >= 15 is 0 Å². The van der Waals surface area contributed by atoms with Gasteiger partial charge in [0.25, 0.3) is 0 Å². The van der Waals surface area contributed by atoms with E-state index in [1.807, 2.05) is 0 Å². The minimum Gasteiger partial charge on any atom is -0.214 e. The van der Waals surface area contributed by atoms with E-state index in [9.17, 15) is 0 Å². The zero-order valence-corrected chi connectivity index (χ0v) is 25.0. The van der Waals surface area contributed by atoms with E-state index in [1.54, 1.807) is 0 Å². The Bertz CT molecular complexity index is 1280. The summed E-state index contributed by atoms with van der Waals surface area (Å²) in [5, 5.41) is 0. The Morgan fingerprint density at radius 3 is 1.81 bits per heavy atom. The largest absolute Gasteiger partial charge is 2.00 e. The van der Waals surface area contributed by atoms with Gasteiger partial charge in [-0.2, -0.15) is 41.9 Å². The second-order valence-electron chi connectivity index (χ2n) is 9.18. The predicted octanol–water partition coefficient (Wildman–Crippen LogP) is 7.00. The maximum atomic E-state index is 3.51. The molecule has 5 aromatic rings. The van der Waals surface area contributed by atoms with Crippen LogP contribution in [0, 0.1) is 6.07 Å². The molecule has 37 heavy (non-hydrogen) atoms. The van der Waals surface area contributed by atoms with Crippen LogP contribution in [0.15, 0.2) is 127 Å². The van der Waals surface area contributed by atoms with E-state index in [0.717, 1.165) is 0 Å². The van der Waals surface area contributed by atoms with Gasteiger partial charge in [-0.25, -0.2) is 12.1 Å². The van der Waals surface area contributed by atoms with Crippen LogP contribution < -0.4 is 16.4 Å². The predicted molar refractivity (Wildman–Crippen MR) is 160 cm³/mol. The molecule has 0 heterocycles. The second kappa shape index (κ2) is 13.4. The molecular weight excluding hydrogens is 541 g/mol. The molecule has 1 aliphatic carbocycles. The van der Waals surface area contributed by atoms with Gasteiger partial charge in [0.1, 0.15) is 0 Å². The topological polar surface area (TPSA) is 0 Å². The summed E-state index contributed by atoms with van der Waals surface area (Å²) < 4.78 is 0. The van der Waals surface area contributed by atoms with Gasteiger partial charge in [0, 0.05) is 5.66 Å². The van der Waals surface area contributed by atoms with Crippen LogP contribution in [0.5, 0.6) is 0 Å². The molecule has 180 valence electrons. The van der Waals surface area contributed by atoms with Crippen molar-refractivity contribution in [3.63, 3.8) is 0 Å². The molecule has 0 spiro atoms. The summed E-state index contributed by atoms with van der Waals surface area (Å²) in [7, 11) is 0.0382. The quantitative estimate of drug-likeness (QED) is 0.117. The van der Waals surface area contributed by atoms with Crippen molar-refractivity contribution in [2.45, 2.75) is 19.5 Å². The van der Waals surface area contributed by atoms with Gasteiger partial charge in [0.15, 0.2) is 6.71 Å². The summed E-state index contributed by atoms with van der Waals surface area (Å²) in [6, 6.07) is 48.8. The normalized spacial score (nSPS) is 13.1. The van der Waals surface area contributed by atoms with Gasteiger partial charge in [-0.1, -0.05) is 123 Å². The molecule has 0 fully saturated rings. The summed E-state index contributed by atoms with van der Waals surface area (Å²) in [6.45, 7) is 5.00. The Morgan fingerprint density at radius 1 is 0.676 bits per heavy atom. The molecule has 0 bridgehead atoms. The Morgan fingerprint density at radius 2 is 1.22 bits per heavy atom. The zero-order chi connectivity index (χ0) is 24.7. The zero-order valence-electron chi connectivity index (χ0n) is 21.6. The fourth-order valence-electron chi connectivity index (χ4n) is 5.46. The average molecular weight is 574 g/mol. The molecular formula is C34H32BPZr. The smallest absolute Gasteiger partial charge is 0.214 e. The molecule has 0 aliphatic heterocycles. The molecule has 0 radical (unpaired) electrons. The van der Waals surface area contributed by atoms with Crippen LogP contribution in [-0.2, 0) is 26.2 Å². The maximum absolute atomic E-state index is 3.51. The molecule has 1 unspecified atom stereocenters. The monoisotopic (exact) mass is 572 g/mol. The van der Waals surface area contributed by atoms with Crippen molar-refractivity contribution < 1.29 is 26.2 Å². The molecule has 0 amide bonds. The molecule has 0 nitrogen and oxygen atoms in total. The molecule has 1 atom stereocenters. The fraction of sp³-hybridized carbons (Fsp3) is 0.147. The van der Waals surface area contributed by atoms with Crippen molar-refractivity contribution in [1.29, 1.82) is 0 Å². The van der Waals surface area contributed by atoms with Crippen molar-refractivity contribution in [1.82, 2.24) is 0 Å². The molecule has 5 aromatic carbocycles. The van der Waals surface area contributed by atoms with Crippen LogP contribution in [-0.4, -0.2) is 19.0 Å². The van der Waals surface area contributed by atoms with Crippen LogP contribution >= 0.6 is 7.92 Å². The van der Waals surface area contributed by atoms with Gasteiger partial charge in [-0.05, 0) is 17.9 Å². The van der Waals surface area contributed by atoms with E-state index in [4.69, 9.17) is 0 Å². The Kier molecular flexibility index (Phi) is 10.0. The first kappa shape index (κ1) is 27.6. The van der Waals surface area contributed by atoms with Crippen molar-refractivity contribution in [2.75, 3.05) is 12.3 Å². The molecule has 0 saturated heterocycles. The third-order valence-electron chi connectivity index (χ3n) is 7.17. The van der Waals surface area contributed by atoms with Crippen LogP contribution in [0.2, 0.25) is 0 Å². The van der Waals surface area contributed by atoms with Crippen LogP contribution in [0.25, 0.3) is 11.1 Å². The van der Waals surface area contributed by atoms with Crippen molar-refractivity contribution >= 4 is 31.0 Å². The molecule has 0 aromatic heterocycles. The van der Waals surface area contributed by atoms with Crippen LogP contribution in [0.1, 0.15) is 30.6 Å². The number of fused-ring (bicyclic) bond motifs is 3. The number of rotatable bonds is 6. The van der Waals surface area contributed by atoms with Crippen LogP contribution in [0.4, 0.5) is 0 Å².